The molecule has 0 bridgehead atoms. The molecule has 0 aliphatic heterocycles. The summed E-state index contributed by atoms with van der Waals surface area (Å²) in [6.45, 7) is 4.28. The maximum atomic E-state index is 13.0. The van der Waals surface area contributed by atoms with Crippen molar-refractivity contribution in [3.63, 3.8) is 0 Å². The van der Waals surface area contributed by atoms with Crippen LogP contribution >= 0.6 is 7.82 Å². The summed E-state index contributed by atoms with van der Waals surface area (Å²) in [5.41, 5.74) is 0. The molecule has 12 heteroatoms. The number of esters is 3. The Morgan fingerprint density at radius 2 is 0.659 bits per heavy atom. The molecule has 0 aromatic carbocycles. The fraction of sp³-hybridized carbons (Fsp3) is 0.614. The first-order chi connectivity index (χ1) is 40.2. The topological polar surface area (TPSA) is 155 Å². The number of hydrogen-bond donors (Lipinski definition) is 2. The molecule has 0 rings (SSSR count). The second-order valence-electron chi connectivity index (χ2n) is 20.5. The van der Waals surface area contributed by atoms with Gasteiger partial charge >= 0.3 is 25.7 Å². The highest BCUT2D eigenvalue weighted by atomic mass is 31.2. The molecular formula is C70H113O11P. The van der Waals surface area contributed by atoms with Gasteiger partial charge in [0, 0.05) is 19.3 Å². The number of aliphatic hydroxyl groups is 1. The maximum absolute atomic E-state index is 13.0. The van der Waals surface area contributed by atoms with Gasteiger partial charge in [0.15, 0.2) is 6.10 Å². The van der Waals surface area contributed by atoms with Gasteiger partial charge in [-0.3, -0.25) is 23.4 Å². The Balaban J connectivity index is 4.84. The van der Waals surface area contributed by atoms with Gasteiger partial charge in [-0.2, -0.15) is 0 Å². The second-order valence-corrected chi connectivity index (χ2v) is 21.9. The lowest BCUT2D eigenvalue weighted by molar-refractivity contribution is -0.161. The lowest BCUT2D eigenvalue weighted by Crippen LogP contribution is -2.30. The fourth-order valence-electron chi connectivity index (χ4n) is 7.99. The third kappa shape index (κ3) is 60.0. The Hall–Kier alpha value is -4.64. The Morgan fingerprint density at radius 3 is 1.05 bits per heavy atom. The lowest BCUT2D eigenvalue weighted by Gasteiger charge is -2.21. The third-order valence-electron chi connectivity index (χ3n) is 12.7. The van der Waals surface area contributed by atoms with Crippen LogP contribution in [0, 0.1) is 0 Å². The van der Waals surface area contributed by atoms with Gasteiger partial charge in [-0.05, 0) is 128 Å². The van der Waals surface area contributed by atoms with E-state index in [1.807, 2.05) is 12.2 Å². The first-order valence-corrected chi connectivity index (χ1v) is 33.2. The average Bonchev–Trinajstić information content (AvgIpc) is 3.50. The number of phosphoric acid groups is 1. The van der Waals surface area contributed by atoms with Gasteiger partial charge in [0.05, 0.1) is 19.8 Å². The molecule has 0 aromatic heterocycles. The van der Waals surface area contributed by atoms with Crippen LogP contribution in [-0.2, 0) is 42.2 Å². The molecule has 11 nitrogen and oxygen atoms in total. The molecule has 82 heavy (non-hydrogen) atoms. The standard InChI is InChI=1S/C70H113O11P/c1-4-7-10-13-16-19-22-25-28-31-33-36-39-42-45-48-51-54-57-60-69(73)80-66(62-71)64-78-82(75,76)79-65-67(63-77-68(72)59-56-53-50-47-44-41-38-35-30-27-24-21-18-15-12-9-6-3)81-70(74)61-58-55-52-49-46-43-40-37-34-32-29-26-23-20-17-14-11-8-5-2/h7-8,10-11,16-21,25-30,33-34,36-37,43,46,52,55,66-67,71H,4-6,9,12-15,22-24,31-32,35,38-42,44-45,47-51,53-54,56-65H2,1-3H3,(H,75,76)/b10-7-,11-8-,19-16-,20-17-,21-18-,28-25-,29-26-,30-27-,36-33-,37-34-,46-43-,55-52-. The first-order valence-electron chi connectivity index (χ1n) is 31.7. The molecule has 2 N–H and O–H groups in total. The molecule has 0 aliphatic carbocycles. The SMILES string of the molecule is CC/C=C\C/C=C\C/C=C\C/C=C\C/C=C\C/C=C\CCC(=O)OC(COC(=O)CCCCCCCCC/C=C\C/C=C\CCCCC)COP(=O)(O)OCC(CO)OC(=O)CCCCCCCC/C=C\C/C=C\C/C=C\C/C=C\CC. The summed E-state index contributed by atoms with van der Waals surface area (Å²) in [5, 5.41) is 9.86. The van der Waals surface area contributed by atoms with Crippen molar-refractivity contribution in [2.75, 3.05) is 26.4 Å². The Kier molecular flexibility index (Phi) is 58.9. The van der Waals surface area contributed by atoms with Crippen molar-refractivity contribution in [2.45, 2.75) is 251 Å². The van der Waals surface area contributed by atoms with Crippen LogP contribution < -0.4 is 0 Å². The number of carbonyl (C=O) groups is 3. The summed E-state index contributed by atoms with van der Waals surface area (Å²) < 4.78 is 39.6. The van der Waals surface area contributed by atoms with Crippen molar-refractivity contribution in [2.24, 2.45) is 0 Å². The molecule has 0 aliphatic rings. The van der Waals surface area contributed by atoms with Crippen molar-refractivity contribution >= 4 is 25.7 Å². The van der Waals surface area contributed by atoms with Gasteiger partial charge in [0.2, 0.25) is 0 Å². The molecule has 0 spiro atoms. The molecule has 0 fully saturated rings. The van der Waals surface area contributed by atoms with E-state index in [2.05, 4.69) is 154 Å². The summed E-state index contributed by atoms with van der Waals surface area (Å²) in [6, 6.07) is 0. The van der Waals surface area contributed by atoms with Crippen LogP contribution in [0.25, 0.3) is 0 Å². The molecule has 0 saturated carbocycles. The van der Waals surface area contributed by atoms with E-state index in [0.29, 0.717) is 25.7 Å². The number of hydrogen-bond acceptors (Lipinski definition) is 10. The van der Waals surface area contributed by atoms with E-state index in [1.165, 1.54) is 38.5 Å². The zero-order valence-electron chi connectivity index (χ0n) is 51.4. The van der Waals surface area contributed by atoms with Gasteiger partial charge in [-0.15, -0.1) is 0 Å². The number of carbonyl (C=O) groups excluding carboxylic acids is 3. The smallest absolute Gasteiger partial charge is 0.462 e. The summed E-state index contributed by atoms with van der Waals surface area (Å²) in [5.74, 6) is -1.60. The van der Waals surface area contributed by atoms with Gasteiger partial charge in [-0.25, -0.2) is 4.57 Å². The van der Waals surface area contributed by atoms with E-state index in [4.69, 9.17) is 23.3 Å². The molecule has 0 radical (unpaired) electrons. The van der Waals surface area contributed by atoms with Gasteiger partial charge in [0.1, 0.15) is 12.7 Å². The predicted octanol–water partition coefficient (Wildman–Crippen LogP) is 19.5. The lowest BCUT2D eigenvalue weighted by atomic mass is 10.1. The molecule has 3 atom stereocenters. The van der Waals surface area contributed by atoms with Crippen molar-refractivity contribution < 1.29 is 52.2 Å². The van der Waals surface area contributed by atoms with Crippen molar-refractivity contribution in [1.82, 2.24) is 0 Å². The quantitative estimate of drug-likeness (QED) is 0.0197. The highest BCUT2D eigenvalue weighted by molar-refractivity contribution is 7.47. The van der Waals surface area contributed by atoms with Crippen LogP contribution in [0.1, 0.15) is 239 Å². The third-order valence-corrected chi connectivity index (χ3v) is 13.7. The summed E-state index contributed by atoms with van der Waals surface area (Å²) >= 11 is 0. The monoisotopic (exact) mass is 1160 g/mol. The zero-order chi connectivity index (χ0) is 59.8. The van der Waals surface area contributed by atoms with E-state index < -0.39 is 57.8 Å². The van der Waals surface area contributed by atoms with E-state index in [9.17, 15) is 28.9 Å². The van der Waals surface area contributed by atoms with E-state index in [-0.39, 0.29) is 25.9 Å². The minimum absolute atomic E-state index is 0.0320. The summed E-state index contributed by atoms with van der Waals surface area (Å²) in [7, 11) is -4.79. The minimum atomic E-state index is -4.79. The highest BCUT2D eigenvalue weighted by Crippen LogP contribution is 2.43. The highest BCUT2D eigenvalue weighted by Gasteiger charge is 2.28. The van der Waals surface area contributed by atoms with E-state index in [1.54, 1.807) is 0 Å². The van der Waals surface area contributed by atoms with Crippen LogP contribution in [0.2, 0.25) is 0 Å². The molecule has 0 aromatic rings. The van der Waals surface area contributed by atoms with Gasteiger partial charge in [0.25, 0.3) is 0 Å². The Morgan fingerprint density at radius 1 is 0.354 bits per heavy atom. The number of allylic oxidation sites excluding steroid dienone is 24. The van der Waals surface area contributed by atoms with Gasteiger partial charge in [-0.1, -0.05) is 237 Å². The van der Waals surface area contributed by atoms with Crippen LogP contribution in [0.15, 0.2) is 146 Å². The summed E-state index contributed by atoms with van der Waals surface area (Å²) in [6.07, 6.45) is 80.9. The molecule has 464 valence electrons. The maximum Gasteiger partial charge on any atom is 0.472 e. The first kappa shape index (κ1) is 77.4. The van der Waals surface area contributed by atoms with Crippen molar-refractivity contribution in [1.29, 1.82) is 0 Å². The fourth-order valence-corrected chi connectivity index (χ4v) is 8.77. The van der Waals surface area contributed by atoms with E-state index >= 15 is 0 Å². The number of aliphatic hydroxyl groups excluding tert-OH is 1. The van der Waals surface area contributed by atoms with Crippen LogP contribution in [0.4, 0.5) is 0 Å². The second kappa shape index (κ2) is 62.4. The number of ether oxygens (including phenoxy) is 3. The molecular weight excluding hydrogens is 1050 g/mol. The Labute approximate surface area is 499 Å². The van der Waals surface area contributed by atoms with Crippen molar-refractivity contribution in [3.05, 3.63) is 146 Å². The minimum Gasteiger partial charge on any atom is -0.462 e. The molecule has 3 unspecified atom stereocenters. The number of phosphoric ester groups is 1. The van der Waals surface area contributed by atoms with Crippen LogP contribution in [0.5, 0.6) is 0 Å². The predicted molar refractivity (Wildman–Crippen MR) is 343 cm³/mol. The zero-order valence-corrected chi connectivity index (χ0v) is 52.3. The molecule has 0 amide bonds. The normalized spacial score (nSPS) is 14.3. The van der Waals surface area contributed by atoms with Crippen LogP contribution in [0.3, 0.4) is 0 Å². The largest absolute Gasteiger partial charge is 0.472 e. The van der Waals surface area contributed by atoms with Gasteiger partial charge < -0.3 is 24.2 Å². The van der Waals surface area contributed by atoms with Crippen molar-refractivity contribution in [3.8, 4) is 0 Å². The molecule has 0 saturated heterocycles. The van der Waals surface area contributed by atoms with E-state index in [0.717, 1.165) is 135 Å². The molecule has 0 heterocycles. The van der Waals surface area contributed by atoms with Crippen LogP contribution in [-0.4, -0.2) is 66.5 Å². The number of unbranched alkanes of at least 4 members (excludes halogenated alkanes) is 16. The Bertz CT molecular complexity index is 1930. The average molecular weight is 1160 g/mol. The summed E-state index contributed by atoms with van der Waals surface area (Å²) in [4.78, 5) is 48.7. The number of rotatable bonds is 57.